The fourth-order valence-electron chi connectivity index (χ4n) is 4.48. The lowest BCUT2D eigenvalue weighted by Gasteiger charge is -2.36. The smallest absolute Gasteiger partial charge is 0.257 e. The number of methoxy groups -OCH3 is 2. The number of benzene rings is 2. The van der Waals surface area contributed by atoms with Crippen LogP contribution in [0, 0.1) is 20.8 Å². The van der Waals surface area contributed by atoms with E-state index in [9.17, 15) is 4.79 Å². The van der Waals surface area contributed by atoms with Gasteiger partial charge in [-0.05, 0) is 38.5 Å². The van der Waals surface area contributed by atoms with Gasteiger partial charge in [0.1, 0.15) is 23.1 Å². The van der Waals surface area contributed by atoms with Gasteiger partial charge in [-0.15, -0.1) is 0 Å². The molecule has 2 aromatic carbocycles. The lowest BCUT2D eigenvalue weighted by atomic mass is 10.0. The quantitative estimate of drug-likeness (QED) is 0.555. The van der Waals surface area contributed by atoms with Gasteiger partial charge in [0.05, 0.1) is 19.8 Å². The second-order valence-electron chi connectivity index (χ2n) is 8.67. The third kappa shape index (κ3) is 4.98. The lowest BCUT2D eigenvalue weighted by Crippen LogP contribution is -2.49. The molecule has 1 aliphatic rings. The maximum absolute atomic E-state index is 13.2. The van der Waals surface area contributed by atoms with Gasteiger partial charge >= 0.3 is 0 Å². The molecule has 0 unspecified atom stereocenters. The van der Waals surface area contributed by atoms with Gasteiger partial charge in [-0.25, -0.2) is 9.97 Å². The number of ether oxygens (including phenoxy) is 2. The minimum Gasteiger partial charge on any atom is -0.497 e. The summed E-state index contributed by atoms with van der Waals surface area (Å²) in [5, 5.41) is 0. The molecule has 1 aromatic heterocycles. The molecule has 2 heterocycles. The SMILES string of the molecule is COc1ccc(C(=O)N2CCN(c3nc(C)nc(C)c3Cc3cccc(C)c3)CC2)c(OC)c1. The van der Waals surface area contributed by atoms with Gasteiger partial charge in [0.15, 0.2) is 0 Å². The molecule has 3 aromatic rings. The summed E-state index contributed by atoms with van der Waals surface area (Å²) < 4.78 is 10.7. The summed E-state index contributed by atoms with van der Waals surface area (Å²) in [7, 11) is 3.16. The monoisotopic (exact) mass is 460 g/mol. The molecule has 4 rings (SSSR count). The van der Waals surface area contributed by atoms with Crippen LogP contribution in [-0.2, 0) is 6.42 Å². The Morgan fingerprint density at radius 3 is 2.38 bits per heavy atom. The first-order chi connectivity index (χ1) is 16.4. The highest BCUT2D eigenvalue weighted by molar-refractivity contribution is 5.97. The molecule has 0 bridgehead atoms. The number of piperazine rings is 1. The van der Waals surface area contributed by atoms with E-state index in [1.807, 2.05) is 11.8 Å². The molecule has 1 amide bonds. The van der Waals surface area contributed by atoms with Crippen LogP contribution in [0.3, 0.4) is 0 Å². The molecule has 1 aliphatic heterocycles. The Hall–Kier alpha value is -3.61. The van der Waals surface area contributed by atoms with Gasteiger partial charge in [-0.2, -0.15) is 0 Å². The summed E-state index contributed by atoms with van der Waals surface area (Å²) in [4.78, 5) is 26.9. The van der Waals surface area contributed by atoms with Crippen LogP contribution >= 0.6 is 0 Å². The summed E-state index contributed by atoms with van der Waals surface area (Å²) >= 11 is 0. The molecule has 0 atom stereocenters. The van der Waals surface area contributed by atoms with Crippen molar-refractivity contribution in [3.8, 4) is 11.5 Å². The maximum atomic E-state index is 13.2. The average molecular weight is 461 g/mol. The van der Waals surface area contributed by atoms with Crippen LogP contribution in [0.5, 0.6) is 11.5 Å². The molecule has 7 nitrogen and oxygen atoms in total. The van der Waals surface area contributed by atoms with Gasteiger partial charge < -0.3 is 19.3 Å². The molecule has 0 spiro atoms. The normalized spacial score (nSPS) is 13.7. The first kappa shape index (κ1) is 23.5. The van der Waals surface area contributed by atoms with Crippen LogP contribution in [0.25, 0.3) is 0 Å². The van der Waals surface area contributed by atoms with E-state index in [2.05, 4.69) is 48.0 Å². The van der Waals surface area contributed by atoms with Gasteiger partial charge in [0.2, 0.25) is 0 Å². The summed E-state index contributed by atoms with van der Waals surface area (Å²) in [6.45, 7) is 8.74. The Morgan fingerprint density at radius 2 is 1.71 bits per heavy atom. The third-order valence-electron chi connectivity index (χ3n) is 6.27. The van der Waals surface area contributed by atoms with E-state index >= 15 is 0 Å². The van der Waals surface area contributed by atoms with Crippen molar-refractivity contribution in [1.82, 2.24) is 14.9 Å². The highest BCUT2D eigenvalue weighted by atomic mass is 16.5. The van der Waals surface area contributed by atoms with Crippen molar-refractivity contribution in [3.63, 3.8) is 0 Å². The van der Waals surface area contributed by atoms with Crippen LogP contribution < -0.4 is 14.4 Å². The molecule has 7 heteroatoms. The van der Waals surface area contributed by atoms with Crippen LogP contribution in [0.2, 0.25) is 0 Å². The van der Waals surface area contributed by atoms with Crippen molar-refractivity contribution in [1.29, 1.82) is 0 Å². The lowest BCUT2D eigenvalue weighted by molar-refractivity contribution is 0.0743. The van der Waals surface area contributed by atoms with Crippen molar-refractivity contribution < 1.29 is 14.3 Å². The van der Waals surface area contributed by atoms with Crippen molar-refractivity contribution in [2.45, 2.75) is 27.2 Å². The summed E-state index contributed by atoms with van der Waals surface area (Å²) in [6.07, 6.45) is 0.783. The second kappa shape index (κ2) is 10.1. The Balaban J connectivity index is 1.53. The zero-order chi connectivity index (χ0) is 24.2. The van der Waals surface area contributed by atoms with Crippen LogP contribution in [0.4, 0.5) is 5.82 Å². The number of carbonyl (C=O) groups is 1. The van der Waals surface area contributed by atoms with E-state index in [0.717, 1.165) is 29.3 Å². The topological polar surface area (TPSA) is 67.8 Å². The van der Waals surface area contributed by atoms with Crippen LogP contribution in [-0.4, -0.2) is 61.2 Å². The maximum Gasteiger partial charge on any atom is 0.257 e. The largest absolute Gasteiger partial charge is 0.497 e. The predicted octanol–water partition coefficient (Wildman–Crippen LogP) is 3.97. The van der Waals surface area contributed by atoms with Gasteiger partial charge in [-0.1, -0.05) is 29.8 Å². The number of aryl methyl sites for hydroxylation is 3. The average Bonchev–Trinajstić information content (AvgIpc) is 2.85. The van der Waals surface area contributed by atoms with Crippen molar-refractivity contribution in [3.05, 3.63) is 76.2 Å². The zero-order valence-corrected chi connectivity index (χ0v) is 20.6. The van der Waals surface area contributed by atoms with Crippen molar-refractivity contribution in [2.75, 3.05) is 45.3 Å². The molecule has 0 saturated carbocycles. The molecule has 34 heavy (non-hydrogen) atoms. The van der Waals surface area contributed by atoms with E-state index in [1.165, 1.54) is 11.1 Å². The minimum atomic E-state index is -0.0332. The molecular weight excluding hydrogens is 428 g/mol. The van der Waals surface area contributed by atoms with E-state index < -0.39 is 0 Å². The number of carbonyl (C=O) groups excluding carboxylic acids is 1. The number of amides is 1. The van der Waals surface area contributed by atoms with Gasteiger partial charge in [0.25, 0.3) is 5.91 Å². The highest BCUT2D eigenvalue weighted by Crippen LogP contribution is 2.28. The van der Waals surface area contributed by atoms with Gasteiger partial charge in [0, 0.05) is 49.9 Å². The molecule has 1 saturated heterocycles. The molecular formula is C27H32N4O3. The molecule has 178 valence electrons. The fourth-order valence-corrected chi connectivity index (χ4v) is 4.48. The van der Waals surface area contributed by atoms with E-state index in [1.54, 1.807) is 32.4 Å². The van der Waals surface area contributed by atoms with Crippen LogP contribution in [0.1, 0.15) is 38.6 Å². The Bertz CT molecular complexity index is 1190. The standard InChI is InChI=1S/C27H32N4O3/c1-18-7-6-8-21(15-18)16-24-19(2)28-20(3)29-26(24)30-11-13-31(14-12-30)27(32)23-10-9-22(33-4)17-25(23)34-5/h6-10,15,17H,11-14,16H2,1-5H3. The molecule has 0 aliphatic carbocycles. The molecule has 0 radical (unpaired) electrons. The van der Waals surface area contributed by atoms with Crippen LogP contribution in [0.15, 0.2) is 42.5 Å². The number of aromatic nitrogens is 2. The number of hydrogen-bond acceptors (Lipinski definition) is 6. The summed E-state index contributed by atoms with van der Waals surface area (Å²) in [6, 6.07) is 13.9. The van der Waals surface area contributed by atoms with E-state index in [0.29, 0.717) is 43.2 Å². The second-order valence-corrected chi connectivity index (χ2v) is 8.67. The Morgan fingerprint density at radius 1 is 0.941 bits per heavy atom. The third-order valence-corrected chi connectivity index (χ3v) is 6.27. The number of rotatable bonds is 6. The van der Waals surface area contributed by atoms with Crippen molar-refractivity contribution in [2.24, 2.45) is 0 Å². The Kier molecular flexibility index (Phi) is 7.01. The molecule has 0 N–H and O–H groups in total. The number of anilines is 1. The van der Waals surface area contributed by atoms with E-state index in [-0.39, 0.29) is 5.91 Å². The van der Waals surface area contributed by atoms with Crippen molar-refractivity contribution >= 4 is 11.7 Å². The predicted molar refractivity (Wildman–Crippen MR) is 133 cm³/mol. The Labute approximate surface area is 201 Å². The number of hydrogen-bond donors (Lipinski definition) is 0. The zero-order valence-electron chi connectivity index (χ0n) is 20.6. The molecule has 1 fully saturated rings. The highest BCUT2D eigenvalue weighted by Gasteiger charge is 2.27. The minimum absolute atomic E-state index is 0.0332. The first-order valence-electron chi connectivity index (χ1n) is 11.6. The van der Waals surface area contributed by atoms with E-state index in [4.69, 9.17) is 14.5 Å². The number of nitrogens with zero attached hydrogens (tertiary/aromatic N) is 4. The summed E-state index contributed by atoms with van der Waals surface area (Å²) in [5.74, 6) is 2.89. The fraction of sp³-hybridized carbons (Fsp3) is 0.370. The summed E-state index contributed by atoms with van der Waals surface area (Å²) in [5.41, 5.74) is 5.19. The van der Waals surface area contributed by atoms with Gasteiger partial charge in [-0.3, -0.25) is 4.79 Å². The first-order valence-corrected chi connectivity index (χ1v) is 11.6.